The van der Waals surface area contributed by atoms with Gasteiger partial charge in [-0.05, 0) is 63.9 Å². The maximum Gasteiger partial charge on any atom is 0.472 e. The summed E-state index contributed by atoms with van der Waals surface area (Å²) in [4.78, 5) is 47.4. The van der Waals surface area contributed by atoms with Crippen molar-refractivity contribution in [2.24, 2.45) is 0 Å². The van der Waals surface area contributed by atoms with Gasteiger partial charge in [-0.1, -0.05) is 128 Å². The Kier molecular flexibility index (Phi) is 32.7. The molecule has 348 valence electrons. The molecule has 60 heavy (non-hydrogen) atoms. The Morgan fingerprint density at radius 2 is 1.00 bits per heavy atom. The molecule has 0 aromatic carbocycles. The van der Waals surface area contributed by atoms with Crippen LogP contribution in [0.3, 0.4) is 0 Å². The summed E-state index contributed by atoms with van der Waals surface area (Å²) in [5, 5.41) is 50.1. The van der Waals surface area contributed by atoms with Crippen molar-refractivity contribution in [1.82, 2.24) is 0 Å². The molecular formula is C45H79O14P. The number of hydrogen-bond donors (Lipinski definition) is 6. The van der Waals surface area contributed by atoms with E-state index >= 15 is 0 Å². The molecule has 0 spiro atoms. The van der Waals surface area contributed by atoms with Gasteiger partial charge in [0.15, 0.2) is 11.9 Å². The average molecular weight is 875 g/mol. The van der Waals surface area contributed by atoms with Gasteiger partial charge in [-0.25, -0.2) is 4.57 Å². The summed E-state index contributed by atoms with van der Waals surface area (Å²) in [6, 6.07) is 0. The van der Waals surface area contributed by atoms with Gasteiger partial charge in [-0.2, -0.15) is 0 Å². The monoisotopic (exact) mass is 875 g/mol. The molecule has 1 saturated carbocycles. The van der Waals surface area contributed by atoms with Crippen molar-refractivity contribution in [3.05, 3.63) is 36.5 Å². The largest absolute Gasteiger partial charge is 0.472 e. The van der Waals surface area contributed by atoms with Gasteiger partial charge in [0.1, 0.15) is 43.2 Å². The lowest BCUT2D eigenvalue weighted by atomic mass is 9.85. The SMILES string of the molecule is CCCCCC/C=C\CCCCCCCCCC(=O)O[C@H](COC(=O)CCCCCCC/C=C\C=C\C(=O)CCCCC)COP(=O)(O)OC1[C@H](O)[C@H](O)C(O)[C@H](O)[C@H]1O. The number of phosphoric ester groups is 1. The summed E-state index contributed by atoms with van der Waals surface area (Å²) in [5.41, 5.74) is 0. The first kappa shape index (κ1) is 55.8. The lowest BCUT2D eigenvalue weighted by Gasteiger charge is -2.41. The number of aliphatic hydroxyl groups is 5. The number of ketones is 1. The molecule has 0 radical (unpaired) electrons. The van der Waals surface area contributed by atoms with E-state index in [0.717, 1.165) is 103 Å². The summed E-state index contributed by atoms with van der Waals surface area (Å²) in [6.45, 7) is 3.09. The van der Waals surface area contributed by atoms with Crippen LogP contribution in [0.2, 0.25) is 0 Å². The van der Waals surface area contributed by atoms with Crippen LogP contribution >= 0.6 is 7.82 Å². The lowest BCUT2D eigenvalue weighted by Crippen LogP contribution is -2.64. The van der Waals surface area contributed by atoms with Crippen molar-refractivity contribution >= 4 is 25.5 Å². The van der Waals surface area contributed by atoms with Crippen molar-refractivity contribution in [3.8, 4) is 0 Å². The van der Waals surface area contributed by atoms with Gasteiger partial charge in [0.25, 0.3) is 0 Å². The summed E-state index contributed by atoms with van der Waals surface area (Å²) < 4.78 is 33.4. The Balaban J connectivity index is 2.50. The number of unbranched alkanes of at least 4 members (excludes halogenated alkanes) is 18. The number of allylic oxidation sites excluding steroid dienone is 6. The van der Waals surface area contributed by atoms with Crippen LogP contribution in [-0.2, 0) is 37.5 Å². The highest BCUT2D eigenvalue weighted by molar-refractivity contribution is 7.47. The molecule has 1 aliphatic carbocycles. The Morgan fingerprint density at radius 3 is 1.57 bits per heavy atom. The molecule has 15 heteroatoms. The molecule has 0 amide bonds. The molecule has 0 aromatic rings. The molecule has 1 aliphatic rings. The zero-order valence-corrected chi connectivity index (χ0v) is 37.4. The van der Waals surface area contributed by atoms with Crippen molar-refractivity contribution < 1.29 is 67.9 Å². The van der Waals surface area contributed by atoms with Crippen LogP contribution in [0.4, 0.5) is 0 Å². The third-order valence-corrected chi connectivity index (χ3v) is 11.4. The fourth-order valence-corrected chi connectivity index (χ4v) is 7.65. The van der Waals surface area contributed by atoms with Crippen LogP contribution in [0, 0.1) is 0 Å². The number of esters is 2. The number of carbonyl (C=O) groups excluding carboxylic acids is 3. The number of rotatable bonds is 37. The predicted molar refractivity (Wildman–Crippen MR) is 231 cm³/mol. The van der Waals surface area contributed by atoms with Gasteiger partial charge < -0.3 is 39.9 Å². The minimum atomic E-state index is -5.14. The van der Waals surface area contributed by atoms with E-state index in [1.165, 1.54) is 25.7 Å². The normalized spacial score (nSPS) is 22.4. The van der Waals surface area contributed by atoms with Gasteiger partial charge in [-0.3, -0.25) is 23.4 Å². The molecule has 14 nitrogen and oxygen atoms in total. The van der Waals surface area contributed by atoms with Crippen LogP contribution in [0.1, 0.15) is 174 Å². The fraction of sp³-hybridized carbons (Fsp3) is 0.800. The standard InChI is InChI=1S/C45H79O14P/c1-3-5-7-8-9-10-11-12-13-14-15-18-22-25-29-33-39(48)58-37(35-57-60(54,55)59-45-43(52)41(50)40(49)42(51)44(45)53)34-56-38(47)32-28-24-21-19-16-17-20-23-27-31-36(46)30-26-6-4-2/h10-11,20,23,27,31,37,40-45,49-53H,3-9,12-19,21-22,24-26,28-30,32-35H2,1-2H3,(H,54,55)/b11-10-,23-20-,31-27+/t37-,40?,41-,42+,43-,44-,45?/m1/s1. The quantitative estimate of drug-likeness (QED) is 0.00875. The molecule has 0 aliphatic heterocycles. The Morgan fingerprint density at radius 1 is 0.550 bits per heavy atom. The molecule has 0 aromatic heterocycles. The van der Waals surface area contributed by atoms with Gasteiger partial charge in [-0.15, -0.1) is 0 Å². The van der Waals surface area contributed by atoms with E-state index < -0.39 is 75.7 Å². The Labute approximate surface area is 359 Å². The van der Waals surface area contributed by atoms with E-state index in [0.29, 0.717) is 19.3 Å². The number of ether oxygens (including phenoxy) is 2. The second kappa shape index (κ2) is 35.2. The molecule has 0 heterocycles. The third kappa shape index (κ3) is 27.6. The summed E-state index contributed by atoms with van der Waals surface area (Å²) in [7, 11) is -5.14. The van der Waals surface area contributed by atoms with Crippen molar-refractivity contribution in [2.75, 3.05) is 13.2 Å². The zero-order valence-electron chi connectivity index (χ0n) is 36.5. The van der Waals surface area contributed by atoms with E-state index in [1.807, 2.05) is 12.2 Å². The molecule has 3 unspecified atom stereocenters. The maximum absolute atomic E-state index is 12.8. The molecular weight excluding hydrogens is 795 g/mol. The van der Waals surface area contributed by atoms with Crippen LogP contribution in [0.5, 0.6) is 0 Å². The van der Waals surface area contributed by atoms with E-state index in [1.54, 1.807) is 12.2 Å². The van der Waals surface area contributed by atoms with Crippen LogP contribution in [-0.4, -0.2) is 104 Å². The Hall–Kier alpha value is -2.26. The fourth-order valence-electron chi connectivity index (χ4n) is 6.67. The second-order valence-corrected chi connectivity index (χ2v) is 17.3. The predicted octanol–water partition coefficient (Wildman–Crippen LogP) is 7.79. The van der Waals surface area contributed by atoms with Crippen LogP contribution in [0.25, 0.3) is 0 Å². The van der Waals surface area contributed by atoms with Crippen molar-refractivity contribution in [2.45, 2.75) is 217 Å². The van der Waals surface area contributed by atoms with Crippen molar-refractivity contribution in [3.63, 3.8) is 0 Å². The highest BCUT2D eigenvalue weighted by Gasteiger charge is 2.51. The van der Waals surface area contributed by atoms with Gasteiger partial charge >= 0.3 is 19.8 Å². The van der Waals surface area contributed by atoms with Gasteiger partial charge in [0.05, 0.1) is 6.61 Å². The topological polar surface area (TPSA) is 227 Å². The maximum atomic E-state index is 12.8. The molecule has 1 fully saturated rings. The number of carbonyl (C=O) groups is 3. The minimum absolute atomic E-state index is 0.0740. The third-order valence-electron chi connectivity index (χ3n) is 10.4. The molecule has 6 N–H and O–H groups in total. The second-order valence-electron chi connectivity index (χ2n) is 15.9. The van der Waals surface area contributed by atoms with Gasteiger partial charge in [0, 0.05) is 19.3 Å². The lowest BCUT2D eigenvalue weighted by molar-refractivity contribution is -0.220. The number of phosphoric acid groups is 1. The first-order valence-electron chi connectivity index (χ1n) is 22.7. The average Bonchev–Trinajstić information content (AvgIpc) is 3.22. The first-order chi connectivity index (χ1) is 28.8. The van der Waals surface area contributed by atoms with Crippen LogP contribution < -0.4 is 0 Å². The van der Waals surface area contributed by atoms with E-state index in [2.05, 4.69) is 26.0 Å². The Bertz CT molecular complexity index is 1260. The molecule has 8 atom stereocenters. The van der Waals surface area contributed by atoms with E-state index in [-0.39, 0.29) is 18.6 Å². The number of aliphatic hydroxyl groups excluding tert-OH is 5. The van der Waals surface area contributed by atoms with E-state index in [4.69, 9.17) is 18.5 Å². The minimum Gasteiger partial charge on any atom is -0.462 e. The molecule has 0 saturated heterocycles. The zero-order chi connectivity index (χ0) is 44.4. The van der Waals surface area contributed by atoms with Gasteiger partial charge in [0.2, 0.25) is 0 Å². The molecule has 1 rings (SSSR count). The van der Waals surface area contributed by atoms with Crippen LogP contribution in [0.15, 0.2) is 36.5 Å². The summed E-state index contributed by atoms with van der Waals surface area (Å²) in [5.74, 6) is -1.02. The first-order valence-corrected chi connectivity index (χ1v) is 24.2. The highest BCUT2D eigenvalue weighted by Crippen LogP contribution is 2.47. The highest BCUT2D eigenvalue weighted by atomic mass is 31.2. The smallest absolute Gasteiger partial charge is 0.462 e. The number of hydrogen-bond acceptors (Lipinski definition) is 13. The summed E-state index contributed by atoms with van der Waals surface area (Å²) >= 11 is 0. The summed E-state index contributed by atoms with van der Waals surface area (Å²) in [6.07, 6.45) is 21.7. The molecule has 0 bridgehead atoms. The van der Waals surface area contributed by atoms with E-state index in [9.17, 15) is 49.4 Å². The van der Waals surface area contributed by atoms with Crippen molar-refractivity contribution in [1.29, 1.82) is 0 Å².